The Bertz CT molecular complexity index is 806. The minimum absolute atomic E-state index is 0.00645. The first-order valence-corrected chi connectivity index (χ1v) is 10.5. The van der Waals surface area contributed by atoms with Crippen LogP contribution in [0.25, 0.3) is 0 Å². The molecule has 0 aliphatic rings. The summed E-state index contributed by atoms with van der Waals surface area (Å²) in [6.07, 6.45) is 6.63. The normalized spacial score (nSPS) is 10.6. The SMILES string of the molecule is CCCCCCCCOC(=O)c1cccc(C(=O)OCc2cc(Cl)cc(Cl)c2)n1. The van der Waals surface area contributed by atoms with Gasteiger partial charge in [0.05, 0.1) is 6.61 Å². The van der Waals surface area contributed by atoms with Crippen LogP contribution in [0.5, 0.6) is 0 Å². The molecule has 0 amide bonds. The smallest absolute Gasteiger partial charge is 0.357 e. The van der Waals surface area contributed by atoms with Gasteiger partial charge in [0.25, 0.3) is 0 Å². The second-order valence-corrected chi connectivity index (χ2v) is 7.54. The standard InChI is InChI=1S/C22H25Cl2NO4/c1-2-3-4-5-6-7-11-28-21(26)19-9-8-10-20(25-19)22(27)29-15-16-12-17(23)14-18(24)13-16/h8-10,12-14H,2-7,11,15H2,1H3. The van der Waals surface area contributed by atoms with Crippen LogP contribution in [-0.4, -0.2) is 23.5 Å². The van der Waals surface area contributed by atoms with Gasteiger partial charge in [0.1, 0.15) is 18.0 Å². The third kappa shape index (κ3) is 8.42. The summed E-state index contributed by atoms with van der Waals surface area (Å²) in [6.45, 7) is 2.51. The van der Waals surface area contributed by atoms with Gasteiger partial charge in [-0.3, -0.25) is 0 Å². The molecule has 2 aromatic rings. The van der Waals surface area contributed by atoms with Crippen molar-refractivity contribution in [2.24, 2.45) is 0 Å². The van der Waals surface area contributed by atoms with Gasteiger partial charge in [0.2, 0.25) is 0 Å². The highest BCUT2D eigenvalue weighted by atomic mass is 35.5. The van der Waals surface area contributed by atoms with Crippen LogP contribution in [0.15, 0.2) is 36.4 Å². The van der Waals surface area contributed by atoms with Crippen LogP contribution < -0.4 is 0 Å². The average Bonchev–Trinajstić information content (AvgIpc) is 2.70. The topological polar surface area (TPSA) is 65.5 Å². The third-order valence-electron chi connectivity index (χ3n) is 4.19. The van der Waals surface area contributed by atoms with E-state index >= 15 is 0 Å². The number of pyridine rings is 1. The lowest BCUT2D eigenvalue weighted by Gasteiger charge is -2.07. The molecule has 0 bridgehead atoms. The number of benzene rings is 1. The molecule has 29 heavy (non-hydrogen) atoms. The number of esters is 2. The number of aromatic nitrogens is 1. The fourth-order valence-electron chi connectivity index (χ4n) is 2.70. The zero-order valence-corrected chi connectivity index (χ0v) is 18.0. The average molecular weight is 438 g/mol. The maximum Gasteiger partial charge on any atom is 0.357 e. The fourth-order valence-corrected chi connectivity index (χ4v) is 3.27. The monoisotopic (exact) mass is 437 g/mol. The van der Waals surface area contributed by atoms with Crippen molar-refractivity contribution in [3.05, 3.63) is 63.4 Å². The third-order valence-corrected chi connectivity index (χ3v) is 4.63. The van der Waals surface area contributed by atoms with E-state index < -0.39 is 11.9 Å². The van der Waals surface area contributed by atoms with Crippen molar-refractivity contribution in [3.8, 4) is 0 Å². The highest BCUT2D eigenvalue weighted by Gasteiger charge is 2.15. The Hall–Kier alpha value is -2.11. The Morgan fingerprint density at radius 3 is 2.10 bits per heavy atom. The van der Waals surface area contributed by atoms with E-state index in [2.05, 4.69) is 11.9 Å². The molecule has 1 aromatic heterocycles. The summed E-state index contributed by atoms with van der Waals surface area (Å²) in [5, 5.41) is 0.911. The maximum absolute atomic E-state index is 12.2. The lowest BCUT2D eigenvalue weighted by Crippen LogP contribution is -2.13. The molecule has 1 aromatic carbocycles. The fraction of sp³-hybridized carbons (Fsp3) is 0.409. The number of ether oxygens (including phenoxy) is 2. The molecule has 0 saturated heterocycles. The van der Waals surface area contributed by atoms with Gasteiger partial charge in [-0.2, -0.15) is 0 Å². The molecule has 7 heteroatoms. The van der Waals surface area contributed by atoms with E-state index in [1.54, 1.807) is 24.3 Å². The second kappa shape index (κ2) is 12.5. The lowest BCUT2D eigenvalue weighted by molar-refractivity contribution is 0.0463. The summed E-state index contributed by atoms with van der Waals surface area (Å²) < 4.78 is 10.5. The van der Waals surface area contributed by atoms with Gasteiger partial charge in [-0.15, -0.1) is 0 Å². The first-order chi connectivity index (χ1) is 14.0. The van der Waals surface area contributed by atoms with Gasteiger partial charge in [-0.05, 0) is 42.3 Å². The predicted molar refractivity (Wildman–Crippen MR) is 113 cm³/mol. The molecule has 156 valence electrons. The second-order valence-electron chi connectivity index (χ2n) is 6.67. The number of hydrogen-bond acceptors (Lipinski definition) is 5. The van der Waals surface area contributed by atoms with Gasteiger partial charge in [0, 0.05) is 10.0 Å². The summed E-state index contributed by atoms with van der Waals surface area (Å²) in [6, 6.07) is 9.47. The van der Waals surface area contributed by atoms with E-state index in [0.29, 0.717) is 22.2 Å². The summed E-state index contributed by atoms with van der Waals surface area (Å²) >= 11 is 11.9. The minimum atomic E-state index is -0.647. The number of unbranched alkanes of at least 4 members (excludes halogenated alkanes) is 5. The molecular weight excluding hydrogens is 413 g/mol. The Morgan fingerprint density at radius 2 is 1.45 bits per heavy atom. The van der Waals surface area contributed by atoms with E-state index in [4.69, 9.17) is 32.7 Å². The van der Waals surface area contributed by atoms with E-state index in [9.17, 15) is 9.59 Å². The summed E-state index contributed by atoms with van der Waals surface area (Å²) in [5.74, 6) is -1.19. The van der Waals surface area contributed by atoms with Crippen molar-refractivity contribution < 1.29 is 19.1 Å². The number of hydrogen-bond donors (Lipinski definition) is 0. The lowest BCUT2D eigenvalue weighted by atomic mass is 10.1. The Labute approximate surface area is 181 Å². The minimum Gasteiger partial charge on any atom is -0.461 e. The number of carbonyl (C=O) groups excluding carboxylic acids is 2. The molecular formula is C22H25Cl2NO4. The predicted octanol–water partition coefficient (Wildman–Crippen LogP) is 6.26. The summed E-state index contributed by atoms with van der Waals surface area (Å²) in [4.78, 5) is 28.4. The zero-order valence-electron chi connectivity index (χ0n) is 16.5. The van der Waals surface area contributed by atoms with Crippen molar-refractivity contribution in [1.29, 1.82) is 0 Å². The van der Waals surface area contributed by atoms with Crippen LogP contribution in [0.3, 0.4) is 0 Å². The van der Waals surface area contributed by atoms with Crippen LogP contribution in [0, 0.1) is 0 Å². The summed E-state index contributed by atoms with van der Waals surface area (Å²) in [5.41, 5.74) is 0.772. The Balaban J connectivity index is 1.82. The quantitative estimate of drug-likeness (QED) is 0.306. The number of nitrogens with zero attached hydrogens (tertiary/aromatic N) is 1. The van der Waals surface area contributed by atoms with Crippen molar-refractivity contribution >= 4 is 35.1 Å². The molecule has 0 spiro atoms. The van der Waals surface area contributed by atoms with Crippen LogP contribution in [-0.2, 0) is 16.1 Å². The highest BCUT2D eigenvalue weighted by molar-refractivity contribution is 6.34. The molecule has 0 radical (unpaired) electrons. The number of halogens is 2. The molecule has 0 aliphatic carbocycles. The van der Waals surface area contributed by atoms with Gasteiger partial charge in [-0.25, -0.2) is 14.6 Å². The van der Waals surface area contributed by atoms with Gasteiger partial charge in [0.15, 0.2) is 0 Å². The zero-order chi connectivity index (χ0) is 21.1. The van der Waals surface area contributed by atoms with Crippen molar-refractivity contribution in [2.75, 3.05) is 6.61 Å². The van der Waals surface area contributed by atoms with Gasteiger partial charge < -0.3 is 9.47 Å². The van der Waals surface area contributed by atoms with Gasteiger partial charge >= 0.3 is 11.9 Å². The van der Waals surface area contributed by atoms with Crippen LogP contribution >= 0.6 is 23.2 Å². The number of carbonyl (C=O) groups is 2. The molecule has 0 unspecified atom stereocenters. The van der Waals surface area contributed by atoms with Crippen LogP contribution in [0.4, 0.5) is 0 Å². The molecule has 5 nitrogen and oxygen atoms in total. The van der Waals surface area contributed by atoms with E-state index in [-0.39, 0.29) is 18.0 Å². The number of rotatable bonds is 11. The van der Waals surface area contributed by atoms with Crippen molar-refractivity contribution in [1.82, 2.24) is 4.98 Å². The Kier molecular flexibility index (Phi) is 9.95. The first kappa shape index (κ1) is 23.2. The maximum atomic E-state index is 12.2. The van der Waals surface area contributed by atoms with Crippen molar-refractivity contribution in [2.45, 2.75) is 52.1 Å². The first-order valence-electron chi connectivity index (χ1n) is 9.76. The molecule has 0 saturated carbocycles. The molecule has 0 aliphatic heterocycles. The molecule has 0 atom stereocenters. The van der Waals surface area contributed by atoms with Crippen LogP contribution in [0.1, 0.15) is 72.0 Å². The van der Waals surface area contributed by atoms with E-state index in [1.807, 2.05) is 0 Å². The molecule has 0 fully saturated rings. The summed E-state index contributed by atoms with van der Waals surface area (Å²) in [7, 11) is 0. The van der Waals surface area contributed by atoms with Gasteiger partial charge in [-0.1, -0.05) is 68.3 Å². The van der Waals surface area contributed by atoms with Crippen LogP contribution in [0.2, 0.25) is 10.0 Å². The highest BCUT2D eigenvalue weighted by Crippen LogP contribution is 2.20. The Morgan fingerprint density at radius 1 is 0.862 bits per heavy atom. The van der Waals surface area contributed by atoms with E-state index in [0.717, 1.165) is 19.3 Å². The van der Waals surface area contributed by atoms with E-state index in [1.165, 1.54) is 31.4 Å². The molecule has 1 heterocycles. The molecule has 0 N–H and O–H groups in total. The van der Waals surface area contributed by atoms with Crippen molar-refractivity contribution in [3.63, 3.8) is 0 Å². The largest absolute Gasteiger partial charge is 0.461 e. The molecule has 2 rings (SSSR count).